The van der Waals surface area contributed by atoms with E-state index in [4.69, 9.17) is 0 Å². The molecule has 0 N–H and O–H groups in total. The van der Waals surface area contributed by atoms with Crippen molar-refractivity contribution in [3.8, 4) is 0 Å². The third-order valence-corrected chi connectivity index (χ3v) is 1.86. The summed E-state index contributed by atoms with van der Waals surface area (Å²) in [6.07, 6.45) is -3.23. The zero-order valence-corrected chi connectivity index (χ0v) is 7.32. The largest absolute Gasteiger partial charge is 0.433 e. The average Bonchev–Trinajstić information content (AvgIpc) is 2.16. The summed E-state index contributed by atoms with van der Waals surface area (Å²) in [4.78, 5) is 14.6. The lowest BCUT2D eigenvalue weighted by Crippen LogP contribution is -2.19. The molecule has 0 spiro atoms. The van der Waals surface area contributed by atoms with Gasteiger partial charge in [-0.1, -0.05) is 6.07 Å². The number of pyridine rings is 1. The Kier molecular flexibility index (Phi) is 1.99. The molecule has 0 bridgehead atoms. The Morgan fingerprint density at radius 1 is 1.27 bits per heavy atom. The van der Waals surface area contributed by atoms with Crippen molar-refractivity contribution in [3.63, 3.8) is 0 Å². The maximum absolute atomic E-state index is 12.3. The van der Waals surface area contributed by atoms with E-state index in [1.165, 1.54) is 18.3 Å². The van der Waals surface area contributed by atoms with Crippen LogP contribution in [-0.4, -0.2) is 9.38 Å². The lowest BCUT2D eigenvalue weighted by Gasteiger charge is -2.06. The highest BCUT2D eigenvalue weighted by molar-refractivity contribution is 5.38. The van der Waals surface area contributed by atoms with Gasteiger partial charge in [0.15, 0.2) is 5.69 Å². The molecule has 0 aliphatic rings. The maximum Gasteiger partial charge on any atom is 0.433 e. The second-order valence-electron chi connectivity index (χ2n) is 2.91. The van der Waals surface area contributed by atoms with E-state index >= 15 is 0 Å². The lowest BCUT2D eigenvalue weighted by molar-refractivity contribution is -0.141. The summed E-state index contributed by atoms with van der Waals surface area (Å²) in [5, 5.41) is 0. The van der Waals surface area contributed by atoms with Crippen LogP contribution in [-0.2, 0) is 6.18 Å². The molecule has 0 radical (unpaired) electrons. The molecular weight excluding hydrogens is 209 g/mol. The van der Waals surface area contributed by atoms with E-state index in [9.17, 15) is 18.0 Å². The zero-order chi connectivity index (χ0) is 11.1. The summed E-state index contributed by atoms with van der Waals surface area (Å²) < 4.78 is 37.9. The Bertz CT molecular complexity index is 559. The molecule has 2 aromatic rings. The van der Waals surface area contributed by atoms with Gasteiger partial charge < -0.3 is 0 Å². The van der Waals surface area contributed by atoms with E-state index in [2.05, 4.69) is 4.98 Å². The van der Waals surface area contributed by atoms with Crippen molar-refractivity contribution in [3.05, 3.63) is 46.5 Å². The van der Waals surface area contributed by atoms with Crippen LogP contribution < -0.4 is 5.56 Å². The molecule has 0 aliphatic heterocycles. The minimum atomic E-state index is -4.59. The molecule has 3 nitrogen and oxygen atoms in total. The van der Waals surface area contributed by atoms with Gasteiger partial charge in [0, 0.05) is 12.3 Å². The quantitative estimate of drug-likeness (QED) is 0.669. The SMILES string of the molecule is O=c1cc(C(F)(F)F)nc2ccccn12. The lowest BCUT2D eigenvalue weighted by atomic mass is 10.3. The van der Waals surface area contributed by atoms with Crippen LogP contribution in [0.1, 0.15) is 5.69 Å². The average molecular weight is 214 g/mol. The molecule has 0 fully saturated rings. The fourth-order valence-corrected chi connectivity index (χ4v) is 1.20. The first-order valence-electron chi connectivity index (χ1n) is 4.04. The fourth-order valence-electron chi connectivity index (χ4n) is 1.20. The summed E-state index contributed by atoms with van der Waals surface area (Å²) in [5.74, 6) is 0. The van der Waals surface area contributed by atoms with Gasteiger partial charge in [0.25, 0.3) is 5.56 Å². The Morgan fingerprint density at radius 3 is 2.67 bits per heavy atom. The predicted octanol–water partition coefficient (Wildman–Crippen LogP) is 1.71. The first-order chi connectivity index (χ1) is 6.98. The summed E-state index contributed by atoms with van der Waals surface area (Å²) in [6.45, 7) is 0. The van der Waals surface area contributed by atoms with Crippen LogP contribution in [0.4, 0.5) is 13.2 Å². The molecule has 0 unspecified atom stereocenters. The molecule has 0 saturated heterocycles. The number of halogens is 3. The highest BCUT2D eigenvalue weighted by atomic mass is 19.4. The molecule has 78 valence electrons. The van der Waals surface area contributed by atoms with Crippen LogP contribution in [0.15, 0.2) is 35.3 Å². The van der Waals surface area contributed by atoms with E-state index in [-0.39, 0.29) is 5.65 Å². The zero-order valence-electron chi connectivity index (χ0n) is 7.32. The predicted molar refractivity (Wildman–Crippen MR) is 46.5 cm³/mol. The van der Waals surface area contributed by atoms with Gasteiger partial charge in [0.1, 0.15) is 5.65 Å². The van der Waals surface area contributed by atoms with Crippen LogP contribution in [0.3, 0.4) is 0 Å². The van der Waals surface area contributed by atoms with Crippen molar-refractivity contribution in [2.75, 3.05) is 0 Å². The minimum absolute atomic E-state index is 0.0164. The van der Waals surface area contributed by atoms with Crippen LogP contribution in [0.5, 0.6) is 0 Å². The topological polar surface area (TPSA) is 34.4 Å². The maximum atomic E-state index is 12.3. The van der Waals surface area contributed by atoms with E-state index in [1.807, 2.05) is 0 Å². The number of alkyl halides is 3. The standard InChI is InChI=1S/C9H5F3N2O/c10-9(11,12)6-5-8(15)14-4-2-1-3-7(14)13-6/h1-5H. The monoisotopic (exact) mass is 214 g/mol. The molecule has 15 heavy (non-hydrogen) atoms. The number of hydrogen-bond acceptors (Lipinski definition) is 2. The summed E-state index contributed by atoms with van der Waals surface area (Å²) in [7, 11) is 0. The normalized spacial score (nSPS) is 11.9. The summed E-state index contributed by atoms with van der Waals surface area (Å²) in [6, 6.07) is 4.88. The third kappa shape index (κ3) is 1.70. The first-order valence-corrected chi connectivity index (χ1v) is 4.04. The summed E-state index contributed by atoms with van der Waals surface area (Å²) in [5.41, 5.74) is -1.93. The van der Waals surface area contributed by atoms with Gasteiger partial charge in [-0.2, -0.15) is 13.2 Å². The van der Waals surface area contributed by atoms with E-state index in [0.717, 1.165) is 4.40 Å². The molecule has 6 heteroatoms. The van der Waals surface area contributed by atoms with E-state index < -0.39 is 17.4 Å². The highest BCUT2D eigenvalue weighted by Crippen LogP contribution is 2.26. The molecule has 0 amide bonds. The van der Waals surface area contributed by atoms with Crippen LogP contribution >= 0.6 is 0 Å². The fraction of sp³-hybridized carbons (Fsp3) is 0.111. The summed E-state index contributed by atoms with van der Waals surface area (Å²) >= 11 is 0. The molecule has 2 rings (SSSR count). The highest BCUT2D eigenvalue weighted by Gasteiger charge is 2.33. The van der Waals surface area contributed by atoms with Crippen LogP contribution in [0, 0.1) is 0 Å². The Balaban J connectivity index is 2.79. The van der Waals surface area contributed by atoms with Gasteiger partial charge in [0.2, 0.25) is 0 Å². The second kappa shape index (κ2) is 3.08. The van der Waals surface area contributed by atoms with Crippen molar-refractivity contribution >= 4 is 5.65 Å². The third-order valence-electron chi connectivity index (χ3n) is 1.86. The Hall–Kier alpha value is -1.85. The second-order valence-corrected chi connectivity index (χ2v) is 2.91. The Morgan fingerprint density at radius 2 is 2.00 bits per heavy atom. The van der Waals surface area contributed by atoms with Crippen LogP contribution in [0.2, 0.25) is 0 Å². The van der Waals surface area contributed by atoms with Gasteiger partial charge in [0.05, 0.1) is 0 Å². The molecule has 0 atom stereocenters. The van der Waals surface area contributed by atoms with Crippen molar-refractivity contribution in [1.82, 2.24) is 9.38 Å². The van der Waals surface area contributed by atoms with Gasteiger partial charge in [-0.15, -0.1) is 0 Å². The van der Waals surface area contributed by atoms with Crippen molar-refractivity contribution in [2.24, 2.45) is 0 Å². The molecule has 2 heterocycles. The van der Waals surface area contributed by atoms with E-state index in [1.54, 1.807) is 6.07 Å². The van der Waals surface area contributed by atoms with E-state index in [0.29, 0.717) is 6.07 Å². The molecule has 0 aromatic carbocycles. The number of rotatable bonds is 0. The number of nitrogens with zero attached hydrogens (tertiary/aromatic N) is 2. The minimum Gasteiger partial charge on any atom is -0.269 e. The van der Waals surface area contributed by atoms with Gasteiger partial charge in [-0.05, 0) is 12.1 Å². The number of hydrogen-bond donors (Lipinski definition) is 0. The number of aromatic nitrogens is 2. The van der Waals surface area contributed by atoms with Gasteiger partial charge in [-0.25, -0.2) is 4.98 Å². The Labute approximate surface area is 81.8 Å². The smallest absolute Gasteiger partial charge is 0.269 e. The molecule has 0 saturated carbocycles. The molecule has 0 aliphatic carbocycles. The van der Waals surface area contributed by atoms with Crippen molar-refractivity contribution in [1.29, 1.82) is 0 Å². The van der Waals surface area contributed by atoms with Gasteiger partial charge in [-0.3, -0.25) is 9.20 Å². The van der Waals surface area contributed by atoms with Crippen LogP contribution in [0.25, 0.3) is 5.65 Å². The first kappa shape index (κ1) is 9.70. The number of fused-ring (bicyclic) bond motifs is 1. The molecular formula is C9H5F3N2O. The van der Waals surface area contributed by atoms with Gasteiger partial charge >= 0.3 is 6.18 Å². The molecule has 2 aromatic heterocycles. The van der Waals surface area contributed by atoms with Crippen molar-refractivity contribution in [2.45, 2.75) is 6.18 Å². The van der Waals surface area contributed by atoms with Crippen molar-refractivity contribution < 1.29 is 13.2 Å².